The highest BCUT2D eigenvalue weighted by molar-refractivity contribution is 6.21. The number of hydrogen-bond acceptors (Lipinski definition) is 1. The lowest BCUT2D eigenvalue weighted by Crippen LogP contribution is -2.31. The van der Waals surface area contributed by atoms with E-state index in [1.165, 1.54) is 99.4 Å². The normalized spacial score (nSPS) is 14.0. The van der Waals surface area contributed by atoms with Crippen LogP contribution in [0, 0.1) is 13.8 Å². The van der Waals surface area contributed by atoms with Crippen LogP contribution in [0.25, 0.3) is 54.9 Å². The summed E-state index contributed by atoms with van der Waals surface area (Å²) in [5, 5.41) is 5.08. The molecule has 300 valence electrons. The van der Waals surface area contributed by atoms with E-state index in [-0.39, 0.29) is 5.41 Å². The van der Waals surface area contributed by atoms with Gasteiger partial charge in [-0.3, -0.25) is 0 Å². The summed E-state index contributed by atoms with van der Waals surface area (Å²) in [6.45, 7) is 9.30. The van der Waals surface area contributed by atoms with Crippen molar-refractivity contribution in [2.75, 3.05) is 4.90 Å². The van der Waals surface area contributed by atoms with E-state index in [0.717, 1.165) is 17.1 Å². The number of benzene rings is 10. The summed E-state index contributed by atoms with van der Waals surface area (Å²) in [6, 6.07) is 79.8. The lowest BCUT2D eigenvalue weighted by molar-refractivity contribution is 0.652. The fraction of sp³-hybridized carbons (Fsp3) is 0.0968. The van der Waals surface area contributed by atoms with Gasteiger partial charge in [-0.15, -0.1) is 0 Å². The smallest absolute Gasteiger partial charge is 0.0714 e. The van der Waals surface area contributed by atoms with E-state index in [2.05, 4.69) is 245 Å². The second kappa shape index (κ2) is 14.0. The summed E-state index contributed by atoms with van der Waals surface area (Å²) in [7, 11) is 0. The summed E-state index contributed by atoms with van der Waals surface area (Å²) in [5.41, 5.74) is 20.9. The number of nitrogens with zero attached hydrogens (tertiary/aromatic N) is 1. The third-order valence-electron chi connectivity index (χ3n) is 14.2. The van der Waals surface area contributed by atoms with Gasteiger partial charge in [-0.2, -0.15) is 0 Å². The highest BCUT2D eigenvalue weighted by atomic mass is 15.1. The summed E-state index contributed by atoms with van der Waals surface area (Å²) in [4.78, 5) is 2.45. The molecular weight excluding hydrogens is 759 g/mol. The summed E-state index contributed by atoms with van der Waals surface area (Å²) >= 11 is 0. The lowest BCUT2D eigenvalue weighted by Gasteiger charge is -2.38. The molecular formula is C62H47N. The topological polar surface area (TPSA) is 3.24 Å². The standard InChI is InChI=1S/C62H47N/c1-40-28-32-44(33-29-40)62(45-34-30-41(2)31-35-45)55-37-43(58-51-26-16-14-24-49(51)57(42-18-8-5-9-19-42)50-25-15-17-27-52(50)58)36-53-59(55)60-54(61(53,3)4)38-48(39-56(60)62)63(46-20-10-6-11-21-46)47-22-12-7-13-23-47/h5-39H,1-4H3. The minimum atomic E-state index is -0.604. The molecule has 0 spiro atoms. The predicted octanol–water partition coefficient (Wildman–Crippen LogP) is 16.4. The number of fused-ring (bicyclic) bond motifs is 2. The fourth-order valence-electron chi connectivity index (χ4n) is 11.3. The molecule has 12 rings (SSSR count). The van der Waals surface area contributed by atoms with Crippen LogP contribution in [-0.4, -0.2) is 0 Å². The van der Waals surface area contributed by atoms with Crippen LogP contribution in [-0.2, 0) is 10.8 Å². The van der Waals surface area contributed by atoms with Crippen LogP contribution in [0.5, 0.6) is 0 Å². The van der Waals surface area contributed by atoms with Gasteiger partial charge in [0.05, 0.1) is 5.41 Å². The first-order valence-electron chi connectivity index (χ1n) is 22.3. The van der Waals surface area contributed by atoms with Crippen molar-refractivity contribution in [3.05, 3.63) is 257 Å². The van der Waals surface area contributed by atoms with Crippen molar-refractivity contribution in [1.29, 1.82) is 0 Å². The summed E-state index contributed by atoms with van der Waals surface area (Å²) < 4.78 is 0. The van der Waals surface area contributed by atoms with E-state index in [1.54, 1.807) is 0 Å². The zero-order valence-corrected chi connectivity index (χ0v) is 36.2. The Labute approximate surface area is 370 Å². The van der Waals surface area contributed by atoms with Gasteiger partial charge in [0.1, 0.15) is 0 Å². The number of hydrogen-bond donors (Lipinski definition) is 0. The van der Waals surface area contributed by atoms with Gasteiger partial charge in [0.15, 0.2) is 0 Å². The van der Waals surface area contributed by atoms with Gasteiger partial charge in [0, 0.05) is 22.5 Å². The third-order valence-corrected chi connectivity index (χ3v) is 14.2. The van der Waals surface area contributed by atoms with Crippen molar-refractivity contribution >= 4 is 38.6 Å². The van der Waals surface area contributed by atoms with Crippen LogP contribution < -0.4 is 4.90 Å². The highest BCUT2D eigenvalue weighted by Gasteiger charge is 2.53. The minimum Gasteiger partial charge on any atom is -0.310 e. The van der Waals surface area contributed by atoms with Gasteiger partial charge in [0.25, 0.3) is 0 Å². The van der Waals surface area contributed by atoms with E-state index in [0.29, 0.717) is 0 Å². The maximum atomic E-state index is 2.59. The van der Waals surface area contributed by atoms with Crippen LogP contribution in [0.1, 0.15) is 58.4 Å². The molecule has 0 saturated carbocycles. The number of anilines is 3. The SMILES string of the molecule is Cc1ccc(C2(c3ccc(C)cc3)c3cc(-c4c5ccccc5c(-c5ccccc5)c5ccccc45)cc4c3-c3c(cc(N(c5ccccc5)c5ccccc5)cc32)C4(C)C)cc1. The van der Waals surface area contributed by atoms with Crippen LogP contribution in [0.3, 0.4) is 0 Å². The Bertz CT molecular complexity index is 3260. The average Bonchev–Trinajstić information content (AvgIpc) is 3.74. The molecule has 0 atom stereocenters. The minimum absolute atomic E-state index is 0.290. The monoisotopic (exact) mass is 805 g/mol. The average molecular weight is 806 g/mol. The number of para-hydroxylation sites is 2. The molecule has 1 heteroatoms. The predicted molar refractivity (Wildman–Crippen MR) is 266 cm³/mol. The van der Waals surface area contributed by atoms with Crippen molar-refractivity contribution in [3.63, 3.8) is 0 Å². The molecule has 0 bridgehead atoms. The van der Waals surface area contributed by atoms with Gasteiger partial charge in [-0.25, -0.2) is 0 Å². The van der Waals surface area contributed by atoms with Gasteiger partial charge < -0.3 is 4.90 Å². The van der Waals surface area contributed by atoms with E-state index in [1.807, 2.05) is 0 Å². The van der Waals surface area contributed by atoms with E-state index in [9.17, 15) is 0 Å². The molecule has 10 aromatic carbocycles. The maximum absolute atomic E-state index is 2.59. The Morgan fingerprint density at radius 2 is 0.683 bits per heavy atom. The molecule has 0 aliphatic heterocycles. The van der Waals surface area contributed by atoms with Crippen molar-refractivity contribution in [2.45, 2.75) is 38.5 Å². The largest absolute Gasteiger partial charge is 0.310 e. The lowest BCUT2D eigenvalue weighted by atomic mass is 9.65. The van der Waals surface area contributed by atoms with Crippen molar-refractivity contribution in [2.24, 2.45) is 0 Å². The molecule has 10 aromatic rings. The Hall–Kier alpha value is -7.48. The van der Waals surface area contributed by atoms with Crippen LogP contribution in [0.2, 0.25) is 0 Å². The number of aryl methyl sites for hydroxylation is 2. The van der Waals surface area contributed by atoms with Crippen LogP contribution in [0.4, 0.5) is 17.1 Å². The Morgan fingerprint density at radius 1 is 0.317 bits per heavy atom. The first-order chi connectivity index (χ1) is 30.8. The Morgan fingerprint density at radius 3 is 1.16 bits per heavy atom. The molecule has 1 nitrogen and oxygen atoms in total. The van der Waals surface area contributed by atoms with Crippen molar-refractivity contribution in [1.82, 2.24) is 0 Å². The van der Waals surface area contributed by atoms with Gasteiger partial charge in [-0.1, -0.05) is 189 Å². The first kappa shape index (κ1) is 37.3. The third kappa shape index (κ3) is 5.42. The molecule has 2 aliphatic carbocycles. The van der Waals surface area contributed by atoms with Crippen molar-refractivity contribution < 1.29 is 0 Å². The molecule has 0 unspecified atom stereocenters. The Balaban J connectivity index is 1.23. The molecule has 63 heavy (non-hydrogen) atoms. The summed E-state index contributed by atoms with van der Waals surface area (Å²) in [5.74, 6) is 0. The second-order valence-electron chi connectivity index (χ2n) is 18.2. The van der Waals surface area contributed by atoms with Gasteiger partial charge in [0.2, 0.25) is 0 Å². The number of rotatable bonds is 7. The quantitative estimate of drug-likeness (QED) is 0.145. The Kier molecular flexibility index (Phi) is 8.30. The second-order valence-corrected chi connectivity index (χ2v) is 18.2. The highest BCUT2D eigenvalue weighted by Crippen LogP contribution is 2.66. The zero-order chi connectivity index (χ0) is 42.5. The first-order valence-corrected chi connectivity index (χ1v) is 22.3. The van der Waals surface area contributed by atoms with E-state index >= 15 is 0 Å². The van der Waals surface area contributed by atoms with Gasteiger partial charge in [-0.05, 0) is 151 Å². The van der Waals surface area contributed by atoms with Crippen molar-refractivity contribution in [3.8, 4) is 33.4 Å². The molecule has 2 aliphatic rings. The fourth-order valence-corrected chi connectivity index (χ4v) is 11.3. The molecule has 0 fully saturated rings. The molecule has 0 aromatic heterocycles. The van der Waals surface area contributed by atoms with Crippen LogP contribution >= 0.6 is 0 Å². The molecule has 0 saturated heterocycles. The van der Waals surface area contributed by atoms with E-state index in [4.69, 9.17) is 0 Å². The molecule has 0 N–H and O–H groups in total. The molecule has 0 radical (unpaired) electrons. The summed E-state index contributed by atoms with van der Waals surface area (Å²) in [6.07, 6.45) is 0. The maximum Gasteiger partial charge on any atom is 0.0714 e. The zero-order valence-electron chi connectivity index (χ0n) is 36.2. The van der Waals surface area contributed by atoms with Gasteiger partial charge >= 0.3 is 0 Å². The van der Waals surface area contributed by atoms with Crippen LogP contribution in [0.15, 0.2) is 212 Å². The molecule has 0 heterocycles. The molecule has 0 amide bonds. The van der Waals surface area contributed by atoms with E-state index < -0.39 is 5.41 Å².